The van der Waals surface area contributed by atoms with E-state index in [2.05, 4.69) is 9.97 Å². The Labute approximate surface area is 142 Å². The van der Waals surface area contributed by atoms with Gasteiger partial charge in [0.25, 0.3) is 0 Å². The Kier molecular flexibility index (Phi) is 6.34. The number of likely N-dealkylation sites (tertiary alicyclic amines) is 1. The van der Waals surface area contributed by atoms with E-state index in [4.69, 9.17) is 9.47 Å². The molecule has 0 radical (unpaired) electrons. The fourth-order valence-corrected chi connectivity index (χ4v) is 2.70. The second kappa shape index (κ2) is 8.26. The lowest BCUT2D eigenvalue weighted by Gasteiger charge is -2.34. The molecule has 1 saturated heterocycles. The smallest absolute Gasteiger partial charge is 0.410 e. The highest BCUT2D eigenvalue weighted by Gasteiger charge is 2.27. The van der Waals surface area contributed by atoms with Crippen molar-refractivity contribution in [3.05, 3.63) is 18.2 Å². The highest BCUT2D eigenvalue weighted by atomic mass is 19.1. The van der Waals surface area contributed by atoms with Crippen molar-refractivity contribution in [2.24, 2.45) is 5.92 Å². The van der Waals surface area contributed by atoms with E-state index in [1.807, 2.05) is 20.8 Å². The van der Waals surface area contributed by atoms with Crippen molar-refractivity contribution in [2.45, 2.75) is 52.1 Å². The average molecular weight is 339 g/mol. The number of rotatable bonds is 5. The molecule has 1 fully saturated rings. The fourth-order valence-electron chi connectivity index (χ4n) is 2.70. The zero-order valence-electron chi connectivity index (χ0n) is 14.6. The second-order valence-corrected chi connectivity index (χ2v) is 7.11. The molecule has 2 rings (SSSR count). The standard InChI is InChI=1S/C17H26FN3O3/c1-17(2,3)24-16(22)21-8-4-6-13(12-21)7-5-9-23-15-19-10-14(18)11-20-15/h10-11,13H,4-9,12H2,1-3H3/t13-/m1/s1. The van der Waals surface area contributed by atoms with Crippen LogP contribution >= 0.6 is 0 Å². The van der Waals surface area contributed by atoms with Gasteiger partial charge < -0.3 is 14.4 Å². The maximum atomic E-state index is 12.7. The summed E-state index contributed by atoms with van der Waals surface area (Å²) < 4.78 is 23.5. The van der Waals surface area contributed by atoms with Crippen molar-refractivity contribution in [1.82, 2.24) is 14.9 Å². The number of nitrogens with zero attached hydrogens (tertiary/aromatic N) is 3. The molecular weight excluding hydrogens is 313 g/mol. The third kappa shape index (κ3) is 6.29. The van der Waals surface area contributed by atoms with Gasteiger partial charge in [-0.25, -0.2) is 19.2 Å². The molecule has 0 unspecified atom stereocenters. The Bertz CT molecular complexity index is 531. The molecule has 6 nitrogen and oxygen atoms in total. The minimum absolute atomic E-state index is 0.190. The number of halogens is 1. The average Bonchev–Trinajstić information content (AvgIpc) is 2.52. The van der Waals surface area contributed by atoms with Crippen molar-refractivity contribution >= 4 is 6.09 Å². The maximum absolute atomic E-state index is 12.7. The predicted octanol–water partition coefficient (Wildman–Crippen LogP) is 3.42. The lowest BCUT2D eigenvalue weighted by molar-refractivity contribution is 0.0159. The van der Waals surface area contributed by atoms with Gasteiger partial charge in [0.2, 0.25) is 0 Å². The molecule has 1 aliphatic heterocycles. The van der Waals surface area contributed by atoms with Crippen LogP contribution < -0.4 is 4.74 Å². The van der Waals surface area contributed by atoms with Crippen LogP contribution in [0.25, 0.3) is 0 Å². The monoisotopic (exact) mass is 339 g/mol. The Morgan fingerprint density at radius 2 is 2.08 bits per heavy atom. The van der Waals surface area contributed by atoms with E-state index in [-0.39, 0.29) is 12.1 Å². The van der Waals surface area contributed by atoms with Crippen LogP contribution in [0.2, 0.25) is 0 Å². The van der Waals surface area contributed by atoms with E-state index < -0.39 is 11.4 Å². The summed E-state index contributed by atoms with van der Waals surface area (Å²) in [5.74, 6) is -0.0317. The minimum atomic E-state index is -0.480. The largest absolute Gasteiger partial charge is 0.463 e. The van der Waals surface area contributed by atoms with E-state index in [1.165, 1.54) is 0 Å². The molecule has 0 N–H and O–H groups in total. The number of carbonyl (C=O) groups is 1. The second-order valence-electron chi connectivity index (χ2n) is 7.11. The Morgan fingerprint density at radius 1 is 1.38 bits per heavy atom. The van der Waals surface area contributed by atoms with Crippen LogP contribution in [0.5, 0.6) is 6.01 Å². The van der Waals surface area contributed by atoms with Crippen LogP contribution in [0, 0.1) is 11.7 Å². The molecule has 1 aromatic rings. The molecule has 24 heavy (non-hydrogen) atoms. The van der Waals surface area contributed by atoms with Crippen molar-refractivity contribution in [1.29, 1.82) is 0 Å². The molecular formula is C17H26FN3O3. The zero-order chi connectivity index (χ0) is 17.6. The van der Waals surface area contributed by atoms with E-state index in [9.17, 15) is 9.18 Å². The van der Waals surface area contributed by atoms with Crippen LogP contribution in [0.4, 0.5) is 9.18 Å². The van der Waals surface area contributed by atoms with Crippen molar-refractivity contribution < 1.29 is 18.7 Å². The first-order valence-corrected chi connectivity index (χ1v) is 8.42. The Balaban J connectivity index is 1.69. The van der Waals surface area contributed by atoms with Gasteiger partial charge in [-0.3, -0.25) is 0 Å². The van der Waals surface area contributed by atoms with E-state index in [1.54, 1.807) is 4.90 Å². The van der Waals surface area contributed by atoms with E-state index in [0.717, 1.165) is 51.2 Å². The fraction of sp³-hybridized carbons (Fsp3) is 0.706. The maximum Gasteiger partial charge on any atom is 0.410 e. The third-order valence-corrected chi connectivity index (χ3v) is 3.76. The molecule has 1 aromatic heterocycles. The topological polar surface area (TPSA) is 64.5 Å². The number of hydrogen-bond donors (Lipinski definition) is 0. The highest BCUT2D eigenvalue weighted by molar-refractivity contribution is 5.68. The number of piperidine rings is 1. The number of hydrogen-bond acceptors (Lipinski definition) is 5. The zero-order valence-corrected chi connectivity index (χ0v) is 14.6. The molecule has 0 aliphatic carbocycles. The summed E-state index contributed by atoms with van der Waals surface area (Å²) in [5.41, 5.74) is -0.465. The van der Waals surface area contributed by atoms with Crippen molar-refractivity contribution in [3.8, 4) is 6.01 Å². The van der Waals surface area contributed by atoms with Gasteiger partial charge in [0.15, 0.2) is 5.82 Å². The lowest BCUT2D eigenvalue weighted by atomic mass is 9.94. The summed E-state index contributed by atoms with van der Waals surface area (Å²) in [6.45, 7) is 7.59. The lowest BCUT2D eigenvalue weighted by Crippen LogP contribution is -2.42. The number of aromatic nitrogens is 2. The SMILES string of the molecule is CC(C)(C)OC(=O)N1CCC[C@H](CCCOc2ncc(F)cn2)C1. The van der Waals surface area contributed by atoms with E-state index >= 15 is 0 Å². The molecule has 0 saturated carbocycles. The summed E-state index contributed by atoms with van der Waals surface area (Å²) in [4.78, 5) is 21.4. The van der Waals surface area contributed by atoms with Crippen LogP contribution in [-0.4, -0.2) is 46.3 Å². The highest BCUT2D eigenvalue weighted by Crippen LogP contribution is 2.22. The number of ether oxygens (including phenoxy) is 2. The van der Waals surface area contributed by atoms with Crippen molar-refractivity contribution in [2.75, 3.05) is 19.7 Å². The van der Waals surface area contributed by atoms with Crippen LogP contribution in [0.15, 0.2) is 12.4 Å². The van der Waals surface area contributed by atoms with Gasteiger partial charge in [0, 0.05) is 13.1 Å². The Hall–Kier alpha value is -1.92. The summed E-state index contributed by atoms with van der Waals surface area (Å²) >= 11 is 0. The molecule has 2 heterocycles. The van der Waals surface area contributed by atoms with Gasteiger partial charge in [0.05, 0.1) is 19.0 Å². The van der Waals surface area contributed by atoms with Crippen LogP contribution in [0.3, 0.4) is 0 Å². The van der Waals surface area contributed by atoms with Crippen molar-refractivity contribution in [3.63, 3.8) is 0 Å². The summed E-state index contributed by atoms with van der Waals surface area (Å²) in [6, 6.07) is 0.190. The molecule has 1 atom stereocenters. The third-order valence-electron chi connectivity index (χ3n) is 3.76. The first kappa shape index (κ1) is 18.4. The predicted molar refractivity (Wildman–Crippen MR) is 87.3 cm³/mol. The van der Waals surface area contributed by atoms with Gasteiger partial charge in [-0.05, 0) is 52.4 Å². The first-order valence-electron chi connectivity index (χ1n) is 8.42. The Morgan fingerprint density at radius 3 is 2.75 bits per heavy atom. The molecule has 0 spiro atoms. The molecule has 0 bridgehead atoms. The normalized spacial score (nSPS) is 18.3. The summed E-state index contributed by atoms with van der Waals surface area (Å²) in [5, 5.41) is 0. The minimum Gasteiger partial charge on any atom is -0.463 e. The number of amides is 1. The molecule has 7 heteroatoms. The van der Waals surface area contributed by atoms with Gasteiger partial charge in [-0.1, -0.05) is 0 Å². The van der Waals surface area contributed by atoms with Gasteiger partial charge in [-0.15, -0.1) is 0 Å². The molecule has 0 aromatic carbocycles. The van der Waals surface area contributed by atoms with Gasteiger partial charge in [0.1, 0.15) is 5.60 Å². The first-order chi connectivity index (χ1) is 11.3. The molecule has 1 amide bonds. The summed E-state index contributed by atoms with van der Waals surface area (Å²) in [7, 11) is 0. The molecule has 134 valence electrons. The van der Waals surface area contributed by atoms with Crippen LogP contribution in [0.1, 0.15) is 46.5 Å². The molecule has 1 aliphatic rings. The van der Waals surface area contributed by atoms with E-state index in [0.29, 0.717) is 12.5 Å². The summed E-state index contributed by atoms with van der Waals surface area (Å²) in [6.07, 6.45) is 5.83. The van der Waals surface area contributed by atoms with Gasteiger partial charge >= 0.3 is 12.1 Å². The number of carbonyl (C=O) groups excluding carboxylic acids is 1. The van der Waals surface area contributed by atoms with Gasteiger partial charge in [-0.2, -0.15) is 0 Å². The quantitative estimate of drug-likeness (QED) is 0.769. The van der Waals surface area contributed by atoms with Crippen LogP contribution in [-0.2, 0) is 4.74 Å².